The van der Waals surface area contributed by atoms with Crippen molar-refractivity contribution in [3.8, 4) is 0 Å². The summed E-state index contributed by atoms with van der Waals surface area (Å²) in [6, 6.07) is 5.59. The lowest BCUT2D eigenvalue weighted by Crippen LogP contribution is -2.31. The molecule has 0 spiro atoms. The van der Waals surface area contributed by atoms with Crippen LogP contribution in [-0.2, 0) is 19.1 Å². The van der Waals surface area contributed by atoms with Crippen LogP contribution < -0.4 is 4.90 Å². The van der Waals surface area contributed by atoms with Crippen LogP contribution >= 0.6 is 0 Å². The van der Waals surface area contributed by atoms with Crippen LogP contribution in [0.3, 0.4) is 0 Å². The van der Waals surface area contributed by atoms with Crippen LogP contribution in [0.15, 0.2) is 36.7 Å². The van der Waals surface area contributed by atoms with E-state index in [1.54, 1.807) is 12.3 Å². The second kappa shape index (κ2) is 7.98. The zero-order valence-electron chi connectivity index (χ0n) is 16.2. The lowest BCUT2D eigenvalue weighted by atomic mass is 10.1. The maximum absolute atomic E-state index is 13.0. The molecule has 9 heteroatoms. The summed E-state index contributed by atoms with van der Waals surface area (Å²) in [5.41, 5.74) is 0.829. The Balaban J connectivity index is 1.47. The molecule has 0 radical (unpaired) electrons. The molecule has 1 fully saturated rings. The Hall–Kier alpha value is -2.68. The number of halogens is 3. The summed E-state index contributed by atoms with van der Waals surface area (Å²) in [5, 5.41) is 8.54. The Bertz CT molecular complexity index is 984. The molecule has 1 aliphatic rings. The van der Waals surface area contributed by atoms with Crippen LogP contribution in [-0.4, -0.2) is 50.7 Å². The van der Waals surface area contributed by atoms with Crippen molar-refractivity contribution in [1.29, 1.82) is 0 Å². The highest BCUT2D eigenvalue weighted by Crippen LogP contribution is 2.30. The third kappa shape index (κ3) is 4.19. The SMILES string of the molecule is CCc1nnc2c(N3CCCN(Cc4cccc(C(F)(F)F)c4)CC3)nccn12. The van der Waals surface area contributed by atoms with E-state index in [0.717, 1.165) is 62.4 Å². The molecule has 0 saturated carbocycles. The number of hydrogen-bond donors (Lipinski definition) is 0. The van der Waals surface area contributed by atoms with Gasteiger partial charge in [-0.25, -0.2) is 4.98 Å². The van der Waals surface area contributed by atoms with E-state index in [2.05, 4.69) is 25.0 Å². The Morgan fingerprint density at radius 3 is 2.72 bits per heavy atom. The van der Waals surface area contributed by atoms with Gasteiger partial charge in [-0.2, -0.15) is 13.2 Å². The quantitative estimate of drug-likeness (QED) is 0.667. The molecule has 1 aromatic carbocycles. The molecule has 3 heterocycles. The highest BCUT2D eigenvalue weighted by Gasteiger charge is 2.30. The Morgan fingerprint density at radius 2 is 1.93 bits per heavy atom. The minimum absolute atomic E-state index is 0.500. The maximum Gasteiger partial charge on any atom is 0.416 e. The summed E-state index contributed by atoms with van der Waals surface area (Å²) >= 11 is 0. The van der Waals surface area contributed by atoms with Gasteiger partial charge < -0.3 is 4.90 Å². The lowest BCUT2D eigenvalue weighted by molar-refractivity contribution is -0.137. The molecule has 29 heavy (non-hydrogen) atoms. The van der Waals surface area contributed by atoms with Crippen molar-refractivity contribution in [3.63, 3.8) is 0 Å². The van der Waals surface area contributed by atoms with Gasteiger partial charge in [-0.3, -0.25) is 9.30 Å². The number of hydrogen-bond acceptors (Lipinski definition) is 5. The van der Waals surface area contributed by atoms with Gasteiger partial charge in [-0.1, -0.05) is 25.1 Å². The van der Waals surface area contributed by atoms with Gasteiger partial charge in [0.15, 0.2) is 5.82 Å². The number of rotatable bonds is 4. The monoisotopic (exact) mass is 404 g/mol. The maximum atomic E-state index is 13.0. The molecule has 0 atom stereocenters. The van der Waals surface area contributed by atoms with Crippen LogP contribution in [0.4, 0.5) is 19.0 Å². The van der Waals surface area contributed by atoms with Gasteiger partial charge in [-0.15, -0.1) is 10.2 Å². The van der Waals surface area contributed by atoms with Gasteiger partial charge in [0.2, 0.25) is 5.65 Å². The first-order valence-corrected chi connectivity index (χ1v) is 9.78. The molecule has 0 amide bonds. The second-order valence-electron chi connectivity index (χ2n) is 7.23. The zero-order valence-corrected chi connectivity index (χ0v) is 16.2. The normalized spacial score (nSPS) is 16.3. The fraction of sp³-hybridized carbons (Fsp3) is 0.450. The van der Waals surface area contributed by atoms with E-state index in [4.69, 9.17) is 0 Å². The molecule has 0 bridgehead atoms. The summed E-state index contributed by atoms with van der Waals surface area (Å²) in [6.45, 7) is 5.66. The number of aryl methyl sites for hydroxylation is 1. The van der Waals surface area contributed by atoms with Gasteiger partial charge in [0.25, 0.3) is 0 Å². The predicted molar refractivity (Wildman–Crippen MR) is 104 cm³/mol. The standard InChI is InChI=1S/C20H23F3N6/c1-2-17-25-26-19-18(24-7-10-29(17)19)28-9-4-8-27(11-12-28)14-15-5-3-6-16(13-15)20(21,22)23/h3,5-7,10,13H,2,4,8-9,11-12,14H2,1H3. The molecule has 1 aliphatic heterocycles. The van der Waals surface area contributed by atoms with E-state index in [-0.39, 0.29) is 0 Å². The molecular formula is C20H23F3N6. The molecule has 0 aliphatic carbocycles. The molecule has 154 valence electrons. The third-order valence-electron chi connectivity index (χ3n) is 5.24. The van der Waals surface area contributed by atoms with Crippen LogP contribution in [0.5, 0.6) is 0 Å². The number of nitrogens with zero attached hydrogens (tertiary/aromatic N) is 6. The van der Waals surface area contributed by atoms with Crippen molar-refractivity contribution in [2.24, 2.45) is 0 Å². The molecule has 0 unspecified atom stereocenters. The number of aromatic nitrogens is 4. The molecule has 6 nitrogen and oxygen atoms in total. The minimum atomic E-state index is -4.31. The zero-order chi connectivity index (χ0) is 20.4. The number of alkyl halides is 3. The van der Waals surface area contributed by atoms with Crippen molar-refractivity contribution in [2.75, 3.05) is 31.1 Å². The third-order valence-corrected chi connectivity index (χ3v) is 5.24. The van der Waals surface area contributed by atoms with E-state index >= 15 is 0 Å². The average molecular weight is 404 g/mol. The first kappa shape index (κ1) is 19.6. The second-order valence-corrected chi connectivity index (χ2v) is 7.23. The predicted octanol–water partition coefficient (Wildman–Crippen LogP) is 3.42. The minimum Gasteiger partial charge on any atom is -0.352 e. The van der Waals surface area contributed by atoms with Gasteiger partial charge in [0, 0.05) is 51.5 Å². The van der Waals surface area contributed by atoms with Crippen molar-refractivity contribution in [3.05, 3.63) is 53.6 Å². The summed E-state index contributed by atoms with van der Waals surface area (Å²) < 4.78 is 40.9. The molecule has 4 rings (SSSR count). The molecule has 1 saturated heterocycles. The summed E-state index contributed by atoms with van der Waals surface area (Å²) in [5.74, 6) is 1.70. The Morgan fingerprint density at radius 1 is 1.07 bits per heavy atom. The topological polar surface area (TPSA) is 49.6 Å². The molecular weight excluding hydrogens is 381 g/mol. The van der Waals surface area contributed by atoms with E-state index < -0.39 is 11.7 Å². The largest absolute Gasteiger partial charge is 0.416 e. The number of anilines is 1. The number of benzene rings is 1. The van der Waals surface area contributed by atoms with Gasteiger partial charge in [0.1, 0.15) is 5.82 Å². The van der Waals surface area contributed by atoms with Gasteiger partial charge >= 0.3 is 6.18 Å². The van der Waals surface area contributed by atoms with Gasteiger partial charge in [0.05, 0.1) is 5.56 Å². The molecule has 2 aromatic heterocycles. The highest BCUT2D eigenvalue weighted by molar-refractivity contribution is 5.63. The average Bonchev–Trinajstić information content (AvgIpc) is 2.99. The fourth-order valence-corrected chi connectivity index (χ4v) is 3.77. The first-order valence-electron chi connectivity index (χ1n) is 9.78. The number of fused-ring (bicyclic) bond motifs is 1. The Labute approximate surface area is 167 Å². The van der Waals surface area contributed by atoms with Gasteiger partial charge in [-0.05, 0) is 18.1 Å². The van der Waals surface area contributed by atoms with E-state index in [1.165, 1.54) is 12.1 Å². The fourth-order valence-electron chi connectivity index (χ4n) is 3.77. The van der Waals surface area contributed by atoms with Crippen molar-refractivity contribution >= 4 is 11.5 Å². The summed E-state index contributed by atoms with van der Waals surface area (Å²) in [4.78, 5) is 8.91. The van der Waals surface area contributed by atoms with Crippen molar-refractivity contribution in [1.82, 2.24) is 24.5 Å². The van der Waals surface area contributed by atoms with E-state index in [9.17, 15) is 13.2 Å². The van der Waals surface area contributed by atoms with Crippen LogP contribution in [0.1, 0.15) is 30.3 Å². The van der Waals surface area contributed by atoms with Crippen LogP contribution in [0.25, 0.3) is 5.65 Å². The smallest absolute Gasteiger partial charge is 0.352 e. The van der Waals surface area contributed by atoms with Crippen LogP contribution in [0.2, 0.25) is 0 Å². The lowest BCUT2D eigenvalue weighted by Gasteiger charge is -2.23. The Kier molecular flexibility index (Phi) is 5.40. The van der Waals surface area contributed by atoms with E-state index in [1.807, 2.05) is 17.5 Å². The summed E-state index contributed by atoms with van der Waals surface area (Å²) in [7, 11) is 0. The summed E-state index contributed by atoms with van der Waals surface area (Å²) in [6.07, 6.45) is 1.00. The molecule has 0 N–H and O–H groups in total. The highest BCUT2D eigenvalue weighted by atomic mass is 19.4. The van der Waals surface area contributed by atoms with Crippen molar-refractivity contribution < 1.29 is 13.2 Å². The van der Waals surface area contributed by atoms with Crippen LogP contribution in [0, 0.1) is 0 Å². The first-order chi connectivity index (χ1) is 14.0. The molecule has 3 aromatic rings. The van der Waals surface area contributed by atoms with Crippen molar-refractivity contribution in [2.45, 2.75) is 32.5 Å². The van der Waals surface area contributed by atoms with E-state index in [0.29, 0.717) is 12.1 Å².